The molecule has 0 aliphatic rings. The Labute approximate surface area is 176 Å². The SMILES string of the molecule is CCOC(=O)c1cc(Cl)c(NC(=O)CCCOc2cc(C)ccc2C)cc1OC. The van der Waals surface area contributed by atoms with Crippen LogP contribution in [0, 0.1) is 13.8 Å². The first-order valence-corrected chi connectivity index (χ1v) is 9.78. The van der Waals surface area contributed by atoms with Crippen molar-refractivity contribution < 1.29 is 23.8 Å². The number of hydrogen-bond acceptors (Lipinski definition) is 5. The summed E-state index contributed by atoms with van der Waals surface area (Å²) in [4.78, 5) is 24.2. The van der Waals surface area contributed by atoms with E-state index in [1.54, 1.807) is 6.92 Å². The molecular weight excluding hydrogens is 394 g/mol. The molecule has 1 N–H and O–H groups in total. The monoisotopic (exact) mass is 419 g/mol. The number of ether oxygens (including phenoxy) is 3. The van der Waals surface area contributed by atoms with Gasteiger partial charge in [0.05, 0.1) is 31.0 Å². The average Bonchev–Trinajstić information content (AvgIpc) is 2.69. The molecule has 0 radical (unpaired) electrons. The number of halogens is 1. The Balaban J connectivity index is 1.93. The van der Waals surface area contributed by atoms with E-state index in [1.807, 2.05) is 32.0 Å². The lowest BCUT2D eigenvalue weighted by Gasteiger charge is -2.13. The minimum atomic E-state index is -0.535. The van der Waals surface area contributed by atoms with Crippen molar-refractivity contribution >= 4 is 29.2 Å². The Kier molecular flexibility index (Phi) is 8.34. The average molecular weight is 420 g/mol. The van der Waals surface area contributed by atoms with Crippen LogP contribution in [0.15, 0.2) is 30.3 Å². The second-order valence-corrected chi connectivity index (χ2v) is 6.93. The Morgan fingerprint density at radius 3 is 2.55 bits per heavy atom. The zero-order valence-electron chi connectivity index (χ0n) is 17.1. The highest BCUT2D eigenvalue weighted by atomic mass is 35.5. The van der Waals surface area contributed by atoms with Crippen LogP contribution in [0.5, 0.6) is 11.5 Å². The van der Waals surface area contributed by atoms with Crippen molar-refractivity contribution in [2.75, 3.05) is 25.6 Å². The van der Waals surface area contributed by atoms with Crippen LogP contribution in [0.2, 0.25) is 5.02 Å². The molecule has 0 atom stereocenters. The molecule has 0 unspecified atom stereocenters. The molecule has 0 saturated heterocycles. The quantitative estimate of drug-likeness (QED) is 0.460. The number of carbonyl (C=O) groups is 2. The summed E-state index contributed by atoms with van der Waals surface area (Å²) in [5, 5.41) is 2.97. The Morgan fingerprint density at radius 2 is 1.86 bits per heavy atom. The second-order valence-electron chi connectivity index (χ2n) is 6.52. The molecule has 0 aromatic heterocycles. The maximum atomic E-state index is 12.3. The molecule has 7 heteroatoms. The van der Waals surface area contributed by atoms with Gasteiger partial charge in [-0.15, -0.1) is 0 Å². The Morgan fingerprint density at radius 1 is 1.10 bits per heavy atom. The van der Waals surface area contributed by atoms with E-state index in [1.165, 1.54) is 19.2 Å². The first-order valence-electron chi connectivity index (χ1n) is 9.40. The number of amides is 1. The van der Waals surface area contributed by atoms with Gasteiger partial charge in [0.15, 0.2) is 0 Å². The molecule has 6 nitrogen and oxygen atoms in total. The van der Waals surface area contributed by atoms with E-state index in [-0.39, 0.29) is 35.3 Å². The molecule has 0 heterocycles. The third-order valence-electron chi connectivity index (χ3n) is 4.21. The molecule has 0 spiro atoms. The van der Waals surface area contributed by atoms with E-state index < -0.39 is 5.97 Å². The van der Waals surface area contributed by atoms with Crippen molar-refractivity contribution in [3.05, 3.63) is 52.0 Å². The fourth-order valence-electron chi connectivity index (χ4n) is 2.68. The number of hydrogen-bond donors (Lipinski definition) is 1. The number of benzene rings is 2. The van der Waals surface area contributed by atoms with Crippen molar-refractivity contribution in [2.45, 2.75) is 33.6 Å². The maximum absolute atomic E-state index is 12.3. The van der Waals surface area contributed by atoms with Crippen LogP contribution in [0.4, 0.5) is 5.69 Å². The topological polar surface area (TPSA) is 73.9 Å². The minimum absolute atomic E-state index is 0.206. The van der Waals surface area contributed by atoms with Crippen LogP contribution in [0.1, 0.15) is 41.3 Å². The van der Waals surface area contributed by atoms with Gasteiger partial charge in [0.1, 0.15) is 17.1 Å². The van der Waals surface area contributed by atoms with Crippen LogP contribution >= 0.6 is 11.6 Å². The van der Waals surface area contributed by atoms with Gasteiger partial charge < -0.3 is 19.5 Å². The van der Waals surface area contributed by atoms with E-state index in [4.69, 9.17) is 25.8 Å². The molecule has 0 bridgehead atoms. The van der Waals surface area contributed by atoms with E-state index in [2.05, 4.69) is 5.32 Å². The van der Waals surface area contributed by atoms with Gasteiger partial charge in [0.2, 0.25) is 5.91 Å². The molecule has 1 amide bonds. The lowest BCUT2D eigenvalue weighted by molar-refractivity contribution is -0.116. The molecular formula is C22H26ClNO5. The number of nitrogens with one attached hydrogen (secondary N) is 1. The summed E-state index contributed by atoms with van der Waals surface area (Å²) >= 11 is 6.22. The van der Waals surface area contributed by atoms with Gasteiger partial charge in [-0.2, -0.15) is 0 Å². The molecule has 29 heavy (non-hydrogen) atoms. The Hall–Kier alpha value is -2.73. The fourth-order valence-corrected chi connectivity index (χ4v) is 2.89. The third kappa shape index (κ3) is 6.39. The minimum Gasteiger partial charge on any atom is -0.496 e. The van der Waals surface area contributed by atoms with Crippen LogP contribution in [0.25, 0.3) is 0 Å². The summed E-state index contributed by atoms with van der Waals surface area (Å²) in [5.41, 5.74) is 2.76. The third-order valence-corrected chi connectivity index (χ3v) is 4.52. The zero-order chi connectivity index (χ0) is 21.4. The number of anilines is 1. The van der Waals surface area contributed by atoms with Gasteiger partial charge in [-0.3, -0.25) is 4.79 Å². The molecule has 2 aromatic carbocycles. The summed E-state index contributed by atoms with van der Waals surface area (Å²) in [7, 11) is 1.43. The number of esters is 1. The molecule has 0 saturated carbocycles. The van der Waals surface area contributed by atoms with Crippen molar-refractivity contribution in [3.63, 3.8) is 0 Å². The van der Waals surface area contributed by atoms with Gasteiger partial charge in [0.25, 0.3) is 0 Å². The number of rotatable bonds is 9. The lowest BCUT2D eigenvalue weighted by atomic mass is 10.1. The zero-order valence-corrected chi connectivity index (χ0v) is 17.9. The Bertz CT molecular complexity index is 882. The first-order chi connectivity index (χ1) is 13.8. The summed E-state index contributed by atoms with van der Waals surface area (Å²) in [6.07, 6.45) is 0.817. The van der Waals surface area contributed by atoms with E-state index in [0.717, 1.165) is 16.9 Å². The van der Waals surface area contributed by atoms with E-state index >= 15 is 0 Å². The molecule has 2 rings (SSSR count). The number of aryl methyl sites for hydroxylation is 2. The normalized spacial score (nSPS) is 10.4. The first kappa shape index (κ1) is 22.6. The summed E-state index contributed by atoms with van der Waals surface area (Å²) in [6, 6.07) is 8.96. The van der Waals surface area contributed by atoms with Crippen molar-refractivity contribution in [3.8, 4) is 11.5 Å². The summed E-state index contributed by atoms with van der Waals surface area (Å²) < 4.78 is 16.0. The molecule has 2 aromatic rings. The van der Waals surface area contributed by atoms with E-state index in [0.29, 0.717) is 18.7 Å². The van der Waals surface area contributed by atoms with Crippen molar-refractivity contribution in [2.24, 2.45) is 0 Å². The van der Waals surface area contributed by atoms with Gasteiger partial charge in [-0.25, -0.2) is 4.79 Å². The highest BCUT2D eigenvalue weighted by Gasteiger charge is 2.18. The van der Waals surface area contributed by atoms with Gasteiger partial charge >= 0.3 is 5.97 Å². The molecule has 0 aliphatic heterocycles. The second kappa shape index (κ2) is 10.7. The molecule has 0 fully saturated rings. The van der Waals surface area contributed by atoms with Crippen molar-refractivity contribution in [1.82, 2.24) is 0 Å². The number of carbonyl (C=O) groups excluding carboxylic acids is 2. The molecule has 156 valence electrons. The predicted octanol–water partition coefficient (Wildman–Crippen LogP) is 4.94. The van der Waals surface area contributed by atoms with Crippen molar-refractivity contribution in [1.29, 1.82) is 0 Å². The largest absolute Gasteiger partial charge is 0.496 e. The lowest BCUT2D eigenvalue weighted by Crippen LogP contribution is -2.14. The van der Waals surface area contributed by atoms with Gasteiger partial charge in [-0.05, 0) is 50.5 Å². The summed E-state index contributed by atoms with van der Waals surface area (Å²) in [5.74, 6) is 0.365. The summed E-state index contributed by atoms with van der Waals surface area (Å²) in [6.45, 7) is 6.37. The standard InChI is InChI=1S/C22H26ClNO5/c1-5-28-22(26)16-12-17(23)18(13-20(16)27-4)24-21(25)7-6-10-29-19-11-14(2)8-9-15(19)3/h8-9,11-13H,5-7,10H2,1-4H3,(H,24,25). The predicted molar refractivity (Wildman–Crippen MR) is 113 cm³/mol. The molecule has 0 aliphatic carbocycles. The van der Waals surface area contributed by atoms with Gasteiger partial charge in [0, 0.05) is 12.5 Å². The fraction of sp³-hybridized carbons (Fsp3) is 0.364. The smallest absolute Gasteiger partial charge is 0.341 e. The highest BCUT2D eigenvalue weighted by molar-refractivity contribution is 6.34. The number of methoxy groups -OCH3 is 1. The van der Waals surface area contributed by atoms with Crippen LogP contribution < -0.4 is 14.8 Å². The highest BCUT2D eigenvalue weighted by Crippen LogP contribution is 2.31. The van der Waals surface area contributed by atoms with Crippen LogP contribution in [-0.2, 0) is 9.53 Å². The van der Waals surface area contributed by atoms with Crippen LogP contribution in [0.3, 0.4) is 0 Å². The van der Waals surface area contributed by atoms with Gasteiger partial charge in [-0.1, -0.05) is 23.7 Å². The van der Waals surface area contributed by atoms with E-state index in [9.17, 15) is 9.59 Å². The maximum Gasteiger partial charge on any atom is 0.341 e. The van der Waals surface area contributed by atoms with Crippen LogP contribution in [-0.4, -0.2) is 32.2 Å².